The fraction of sp³-hybridized carbons (Fsp3) is 0.0638. The maximum Gasteiger partial charge on any atom is 0.160 e. The maximum absolute atomic E-state index is 5.25. The predicted octanol–water partition coefficient (Wildman–Crippen LogP) is 12.0. The van der Waals surface area contributed by atoms with Gasteiger partial charge in [-0.3, -0.25) is 0 Å². The first-order valence-corrected chi connectivity index (χ1v) is 17.3. The first-order valence-electron chi connectivity index (χ1n) is 17.3. The highest BCUT2D eigenvalue weighted by Gasteiger charge is 2.35. The van der Waals surface area contributed by atoms with Gasteiger partial charge in [-0.05, 0) is 99.1 Å². The lowest BCUT2D eigenvalue weighted by atomic mass is 9.81. The molecule has 0 amide bonds. The van der Waals surface area contributed by atoms with Crippen molar-refractivity contribution in [3.8, 4) is 61.7 Å². The van der Waals surface area contributed by atoms with E-state index in [0.717, 1.165) is 39.2 Å². The minimum absolute atomic E-state index is 0.0499. The highest BCUT2D eigenvalue weighted by Crippen LogP contribution is 2.50. The zero-order valence-corrected chi connectivity index (χ0v) is 27.8. The second-order valence-corrected chi connectivity index (χ2v) is 14.2. The third kappa shape index (κ3) is 3.69. The summed E-state index contributed by atoms with van der Waals surface area (Å²) in [5.74, 6) is 0.750. The summed E-state index contributed by atoms with van der Waals surface area (Å²) in [5, 5.41) is 3.54. The lowest BCUT2D eigenvalue weighted by molar-refractivity contribution is 0.660. The molecule has 3 heteroatoms. The number of rotatable bonds is 3. The molecule has 9 aromatic rings. The van der Waals surface area contributed by atoms with Crippen LogP contribution in [0.5, 0.6) is 0 Å². The molecule has 0 atom stereocenters. The summed E-state index contributed by atoms with van der Waals surface area (Å²) in [7, 11) is 0. The molecule has 234 valence electrons. The van der Waals surface area contributed by atoms with Crippen molar-refractivity contribution < 1.29 is 0 Å². The van der Waals surface area contributed by atoms with Crippen LogP contribution in [0.15, 0.2) is 152 Å². The second-order valence-electron chi connectivity index (χ2n) is 14.2. The van der Waals surface area contributed by atoms with Gasteiger partial charge in [0.1, 0.15) is 0 Å². The number of aromatic nitrogens is 3. The summed E-state index contributed by atoms with van der Waals surface area (Å²) in [5.41, 5.74) is 18.0. The van der Waals surface area contributed by atoms with Gasteiger partial charge in [-0.25, -0.2) is 9.97 Å². The normalized spacial score (nSPS) is 13.6. The van der Waals surface area contributed by atoms with Crippen LogP contribution < -0.4 is 0 Å². The maximum atomic E-state index is 5.25. The number of fused-ring (bicyclic) bond motifs is 9. The number of hydrogen-bond acceptors (Lipinski definition) is 2. The minimum Gasteiger partial charge on any atom is -0.309 e. The van der Waals surface area contributed by atoms with Gasteiger partial charge in [0.15, 0.2) is 5.82 Å². The van der Waals surface area contributed by atoms with E-state index in [1.807, 2.05) is 0 Å². The van der Waals surface area contributed by atoms with E-state index in [1.54, 1.807) is 0 Å². The van der Waals surface area contributed by atoms with Gasteiger partial charge in [0, 0.05) is 38.4 Å². The molecule has 2 heterocycles. The summed E-state index contributed by atoms with van der Waals surface area (Å²) in [6.45, 7) is 4.70. The van der Waals surface area contributed by atoms with Crippen molar-refractivity contribution in [1.29, 1.82) is 0 Å². The van der Waals surface area contributed by atoms with Crippen LogP contribution in [-0.2, 0) is 5.41 Å². The molecule has 0 radical (unpaired) electrons. The van der Waals surface area contributed by atoms with E-state index >= 15 is 0 Å². The molecule has 2 aromatic heterocycles. The molecule has 2 aliphatic rings. The molecule has 7 aromatic carbocycles. The van der Waals surface area contributed by atoms with Gasteiger partial charge in [-0.2, -0.15) is 0 Å². The molecule has 0 saturated heterocycles. The molecule has 0 bridgehead atoms. The highest BCUT2D eigenvalue weighted by molar-refractivity contribution is 6.14. The average Bonchev–Trinajstić information content (AvgIpc) is 3.75. The molecule has 2 aliphatic carbocycles. The summed E-state index contributed by atoms with van der Waals surface area (Å²) < 4.78 is 2.38. The Morgan fingerprint density at radius 1 is 0.460 bits per heavy atom. The molecule has 50 heavy (non-hydrogen) atoms. The Balaban J connectivity index is 1.12. The number of para-hydroxylation sites is 1. The fourth-order valence-corrected chi connectivity index (χ4v) is 8.74. The molecule has 0 spiro atoms. The van der Waals surface area contributed by atoms with E-state index in [0.29, 0.717) is 0 Å². The summed E-state index contributed by atoms with van der Waals surface area (Å²) in [4.78, 5) is 10.4. The van der Waals surface area contributed by atoms with Crippen molar-refractivity contribution in [2.24, 2.45) is 0 Å². The average molecular weight is 638 g/mol. The number of nitrogens with zero attached hydrogens (tertiary/aromatic N) is 3. The molecule has 0 saturated carbocycles. The number of benzene rings is 7. The van der Waals surface area contributed by atoms with E-state index in [-0.39, 0.29) is 5.41 Å². The van der Waals surface area contributed by atoms with Crippen LogP contribution in [-0.4, -0.2) is 14.5 Å². The molecular weight excluding hydrogens is 607 g/mol. The molecule has 0 N–H and O–H groups in total. The molecular formula is C47H31N3. The van der Waals surface area contributed by atoms with Gasteiger partial charge in [0.25, 0.3) is 0 Å². The third-order valence-corrected chi connectivity index (χ3v) is 11.2. The quantitative estimate of drug-likeness (QED) is 0.193. The lowest BCUT2D eigenvalue weighted by Gasteiger charge is -2.22. The smallest absolute Gasteiger partial charge is 0.160 e. The van der Waals surface area contributed by atoms with Gasteiger partial charge in [0.2, 0.25) is 0 Å². The van der Waals surface area contributed by atoms with Crippen molar-refractivity contribution in [2.45, 2.75) is 19.3 Å². The Bertz CT molecular complexity index is 2890. The number of hydrogen-bond donors (Lipinski definition) is 0. The van der Waals surface area contributed by atoms with Crippen molar-refractivity contribution in [3.63, 3.8) is 0 Å². The van der Waals surface area contributed by atoms with Crippen molar-refractivity contribution in [3.05, 3.63) is 163 Å². The summed E-state index contributed by atoms with van der Waals surface area (Å²) >= 11 is 0. The van der Waals surface area contributed by atoms with Gasteiger partial charge < -0.3 is 4.57 Å². The van der Waals surface area contributed by atoms with Crippen LogP contribution >= 0.6 is 0 Å². The molecule has 11 rings (SSSR count). The molecule has 0 fully saturated rings. The Labute approximate surface area is 290 Å². The van der Waals surface area contributed by atoms with Crippen LogP contribution in [0.4, 0.5) is 0 Å². The van der Waals surface area contributed by atoms with Crippen LogP contribution in [0.3, 0.4) is 0 Å². The van der Waals surface area contributed by atoms with Gasteiger partial charge in [0.05, 0.1) is 22.2 Å². The Kier molecular flexibility index (Phi) is 5.45. The first kappa shape index (κ1) is 27.6. The monoisotopic (exact) mass is 637 g/mol. The Morgan fingerprint density at radius 2 is 1.08 bits per heavy atom. The van der Waals surface area contributed by atoms with E-state index in [1.165, 1.54) is 66.4 Å². The fourth-order valence-electron chi connectivity index (χ4n) is 8.74. The topological polar surface area (TPSA) is 30.7 Å². The van der Waals surface area contributed by atoms with Crippen LogP contribution in [0, 0.1) is 0 Å². The van der Waals surface area contributed by atoms with Crippen LogP contribution in [0.1, 0.15) is 25.0 Å². The largest absolute Gasteiger partial charge is 0.309 e. The molecule has 0 unspecified atom stereocenters. The van der Waals surface area contributed by atoms with Crippen molar-refractivity contribution in [2.75, 3.05) is 0 Å². The highest BCUT2D eigenvalue weighted by atomic mass is 15.0. The summed E-state index contributed by atoms with van der Waals surface area (Å²) in [6, 6.07) is 55.2. The van der Waals surface area contributed by atoms with Gasteiger partial charge in [-0.15, -0.1) is 0 Å². The van der Waals surface area contributed by atoms with Crippen LogP contribution in [0.25, 0.3) is 94.4 Å². The lowest BCUT2D eigenvalue weighted by Crippen LogP contribution is -2.14. The van der Waals surface area contributed by atoms with Gasteiger partial charge in [-0.1, -0.05) is 111 Å². The van der Waals surface area contributed by atoms with E-state index in [9.17, 15) is 0 Å². The van der Waals surface area contributed by atoms with E-state index in [2.05, 4.69) is 170 Å². The third-order valence-electron chi connectivity index (χ3n) is 11.2. The van der Waals surface area contributed by atoms with Crippen molar-refractivity contribution in [1.82, 2.24) is 14.5 Å². The van der Waals surface area contributed by atoms with Crippen molar-refractivity contribution >= 4 is 32.7 Å². The SMILES string of the molecule is CC1(C)c2ccccc2-c2ccc(-c3ccc4c(c3)c3cc(-c5nc6c7c(cccc7n5)-c5ccccc5-6)ccc3n4-c3ccccc3)cc21. The van der Waals surface area contributed by atoms with Crippen LogP contribution in [0.2, 0.25) is 0 Å². The molecule has 0 aliphatic heterocycles. The van der Waals surface area contributed by atoms with E-state index < -0.39 is 0 Å². The molecule has 3 nitrogen and oxygen atoms in total. The van der Waals surface area contributed by atoms with Gasteiger partial charge >= 0.3 is 0 Å². The minimum atomic E-state index is -0.0499. The first-order chi connectivity index (χ1) is 24.5. The standard InChI is InChI=1S/C47H31N3/c1-47(2)39-17-9-8-14-33(39)34-22-19-29(27-40(34)47)28-20-23-42-37(25-28)38-26-30(21-24-43(38)50(42)31-11-4-3-5-12-31)46-48-41-18-10-16-35-32-13-6-7-15-36(32)45(49-46)44(35)41/h3-27H,1-2H3. The predicted molar refractivity (Wildman–Crippen MR) is 207 cm³/mol. The second kappa shape index (κ2) is 9.87. The Hall–Kier alpha value is -6.32. The zero-order valence-electron chi connectivity index (χ0n) is 27.8. The van der Waals surface area contributed by atoms with E-state index in [4.69, 9.17) is 9.97 Å². The zero-order chi connectivity index (χ0) is 33.1. The summed E-state index contributed by atoms with van der Waals surface area (Å²) in [6.07, 6.45) is 0. The Morgan fingerprint density at radius 3 is 1.90 bits per heavy atom.